The summed E-state index contributed by atoms with van der Waals surface area (Å²) >= 11 is 0. The van der Waals surface area contributed by atoms with Crippen molar-refractivity contribution < 1.29 is 23.8 Å². The molecule has 214 valence electrons. The van der Waals surface area contributed by atoms with E-state index < -0.39 is 5.97 Å². The second-order valence-electron chi connectivity index (χ2n) is 11.2. The average Bonchev–Trinajstić information content (AvgIpc) is 3.46. The van der Waals surface area contributed by atoms with E-state index in [1.165, 1.54) is 12.1 Å². The number of carboxylic acid groups (broad SMARTS) is 1. The van der Waals surface area contributed by atoms with Crippen molar-refractivity contribution in [1.82, 2.24) is 29.2 Å². The molecule has 11 heteroatoms. The summed E-state index contributed by atoms with van der Waals surface area (Å²) < 4.78 is 23.6. The molecule has 1 atom stereocenters. The number of rotatable bonds is 8. The lowest BCUT2D eigenvalue weighted by molar-refractivity contribution is -0.0591. The molecule has 2 saturated heterocycles. The van der Waals surface area contributed by atoms with Crippen LogP contribution in [0, 0.1) is 25.6 Å². The number of nitrogens with zero attached hydrogens (tertiary/aromatic N) is 6. The lowest BCUT2D eigenvalue weighted by atomic mass is 9.93. The van der Waals surface area contributed by atoms with E-state index in [1.54, 1.807) is 23.0 Å². The Labute approximate surface area is 236 Å². The van der Waals surface area contributed by atoms with Gasteiger partial charge in [-0.05, 0) is 62.8 Å². The number of likely N-dealkylation sites (tertiary alicyclic amines) is 1. The number of aryl methyl sites for hydroxylation is 2. The van der Waals surface area contributed by atoms with Crippen molar-refractivity contribution in [2.75, 3.05) is 19.7 Å². The summed E-state index contributed by atoms with van der Waals surface area (Å²) in [5, 5.41) is 13.9. The number of imidazole rings is 1. The van der Waals surface area contributed by atoms with Gasteiger partial charge < -0.3 is 19.3 Å². The van der Waals surface area contributed by atoms with Crippen LogP contribution in [-0.4, -0.2) is 72.0 Å². The molecule has 41 heavy (non-hydrogen) atoms. The number of carbonyl (C=O) groups excluding carboxylic acids is 1. The fraction of sp³-hybridized carbons (Fsp3) is 0.433. The number of aromatic carboxylic acids is 1. The Balaban J connectivity index is 1.12. The molecule has 1 aromatic carbocycles. The summed E-state index contributed by atoms with van der Waals surface area (Å²) in [6.45, 7) is 6.50. The van der Waals surface area contributed by atoms with Crippen molar-refractivity contribution in [3.63, 3.8) is 0 Å². The van der Waals surface area contributed by atoms with Crippen LogP contribution in [-0.2, 0) is 24.2 Å². The number of carboxylic acids is 1. The third-order valence-corrected chi connectivity index (χ3v) is 8.13. The van der Waals surface area contributed by atoms with Crippen LogP contribution in [0.1, 0.15) is 62.8 Å². The van der Waals surface area contributed by atoms with Gasteiger partial charge in [-0.2, -0.15) is 5.10 Å². The smallest absolute Gasteiger partial charge is 0.354 e. The Hall–Kier alpha value is -4.12. The molecule has 10 nitrogen and oxygen atoms in total. The van der Waals surface area contributed by atoms with E-state index in [-0.39, 0.29) is 30.1 Å². The molecular formula is C30H33FN6O4. The molecule has 0 spiro atoms. The molecule has 5 heterocycles. The fourth-order valence-electron chi connectivity index (χ4n) is 5.66. The molecule has 4 aromatic rings. The predicted molar refractivity (Wildman–Crippen MR) is 148 cm³/mol. The predicted octanol–water partition coefficient (Wildman–Crippen LogP) is 4.01. The topological polar surface area (TPSA) is 115 Å². The van der Waals surface area contributed by atoms with Crippen LogP contribution >= 0.6 is 0 Å². The first kappa shape index (κ1) is 27.1. The van der Waals surface area contributed by atoms with Crippen molar-refractivity contribution >= 4 is 23.0 Å². The van der Waals surface area contributed by atoms with E-state index in [2.05, 4.69) is 10.1 Å². The molecule has 0 aliphatic carbocycles. The minimum Gasteiger partial charge on any atom is -0.477 e. The molecule has 1 N–H and O–H groups in total. The number of halogens is 1. The zero-order valence-electron chi connectivity index (χ0n) is 23.2. The lowest BCUT2D eigenvalue weighted by Crippen LogP contribution is -2.39. The summed E-state index contributed by atoms with van der Waals surface area (Å²) in [7, 11) is 0. The minimum atomic E-state index is -1.07. The van der Waals surface area contributed by atoms with Gasteiger partial charge in [0.1, 0.15) is 17.2 Å². The van der Waals surface area contributed by atoms with Crippen molar-refractivity contribution in [3.05, 3.63) is 76.2 Å². The highest BCUT2D eigenvalue weighted by atomic mass is 19.1. The Kier molecular flexibility index (Phi) is 7.29. The fourth-order valence-corrected chi connectivity index (χ4v) is 5.66. The van der Waals surface area contributed by atoms with Gasteiger partial charge in [0, 0.05) is 43.4 Å². The zero-order chi connectivity index (χ0) is 28.7. The second kappa shape index (κ2) is 11.0. The van der Waals surface area contributed by atoms with Crippen molar-refractivity contribution in [3.8, 4) is 0 Å². The highest BCUT2D eigenvalue weighted by molar-refractivity contribution is 5.93. The molecule has 2 aliphatic rings. The van der Waals surface area contributed by atoms with Crippen molar-refractivity contribution in [1.29, 1.82) is 0 Å². The first-order valence-corrected chi connectivity index (χ1v) is 14.0. The maximum atomic E-state index is 14.3. The average molecular weight is 561 g/mol. The molecule has 2 aliphatic heterocycles. The summed E-state index contributed by atoms with van der Waals surface area (Å²) in [6.07, 6.45) is 5.16. The number of fused-ring (bicyclic) bond motifs is 1. The summed E-state index contributed by atoms with van der Waals surface area (Å²) in [6, 6.07) is 8.31. The Morgan fingerprint density at radius 2 is 1.88 bits per heavy atom. The molecule has 2 fully saturated rings. The van der Waals surface area contributed by atoms with E-state index >= 15 is 0 Å². The van der Waals surface area contributed by atoms with Gasteiger partial charge in [0.15, 0.2) is 17.0 Å². The first-order valence-electron chi connectivity index (χ1n) is 14.0. The van der Waals surface area contributed by atoms with Crippen LogP contribution in [0.4, 0.5) is 4.39 Å². The molecule has 3 aromatic heterocycles. The molecule has 6 rings (SSSR count). The van der Waals surface area contributed by atoms with Crippen molar-refractivity contribution in [2.24, 2.45) is 5.92 Å². The maximum Gasteiger partial charge on any atom is 0.354 e. The summed E-state index contributed by atoms with van der Waals surface area (Å²) in [5.41, 5.74) is 3.79. The van der Waals surface area contributed by atoms with Gasteiger partial charge in [-0.3, -0.25) is 9.48 Å². The molecule has 0 saturated carbocycles. The third kappa shape index (κ3) is 5.58. The highest BCUT2D eigenvalue weighted by Gasteiger charge is 2.29. The van der Waals surface area contributed by atoms with Crippen LogP contribution in [0.3, 0.4) is 0 Å². The van der Waals surface area contributed by atoms with Gasteiger partial charge in [-0.15, -0.1) is 0 Å². The highest BCUT2D eigenvalue weighted by Crippen LogP contribution is 2.27. The van der Waals surface area contributed by atoms with Crippen molar-refractivity contribution in [2.45, 2.75) is 58.7 Å². The molecule has 0 radical (unpaired) electrons. The number of benzene rings is 1. The third-order valence-electron chi connectivity index (χ3n) is 8.13. The van der Waals surface area contributed by atoms with E-state index in [0.717, 1.165) is 42.8 Å². The Morgan fingerprint density at radius 1 is 1.10 bits per heavy atom. The van der Waals surface area contributed by atoms with Crippen LogP contribution in [0.25, 0.3) is 11.2 Å². The van der Waals surface area contributed by atoms with E-state index in [1.807, 2.05) is 29.4 Å². The van der Waals surface area contributed by atoms with Crippen LogP contribution in [0.15, 0.2) is 36.5 Å². The number of amides is 1. The number of hydrogen-bond acceptors (Lipinski definition) is 6. The first-order chi connectivity index (χ1) is 19.7. The molecule has 0 unspecified atom stereocenters. The standard InChI is InChI=1S/C30H33FN6O4/c1-18-3-4-21(23(31)13-18)16-36-15-19(2)27(34-36)29(38)35-10-7-20(8-11-35)14-26-32-24-5-6-25(30(39)40)33-28(24)37(26)17-22-9-12-41-22/h3-6,13,15,20,22H,7-12,14,16-17H2,1-2H3,(H,39,40)/t22-/m0/s1. The van der Waals surface area contributed by atoms with Gasteiger partial charge in [0.25, 0.3) is 5.91 Å². The quantitative estimate of drug-likeness (QED) is 0.346. The largest absolute Gasteiger partial charge is 0.477 e. The van der Waals surface area contributed by atoms with Gasteiger partial charge in [-0.25, -0.2) is 19.2 Å². The Bertz CT molecular complexity index is 1620. The van der Waals surface area contributed by atoms with E-state index in [4.69, 9.17) is 9.72 Å². The lowest BCUT2D eigenvalue weighted by Gasteiger charge is -2.32. The van der Waals surface area contributed by atoms with Gasteiger partial charge in [0.2, 0.25) is 0 Å². The van der Waals surface area contributed by atoms with Gasteiger partial charge in [0.05, 0.1) is 19.2 Å². The van der Waals surface area contributed by atoms with Gasteiger partial charge >= 0.3 is 5.97 Å². The molecule has 0 bridgehead atoms. The normalized spacial score (nSPS) is 17.6. The SMILES string of the molecule is Cc1ccc(Cn2cc(C)c(C(=O)N3CCC(Cc4nc5ccc(C(=O)O)nc5n4C[C@@H]4CCO4)CC3)n2)c(F)c1. The summed E-state index contributed by atoms with van der Waals surface area (Å²) in [5.74, 6) is -0.267. The maximum absolute atomic E-state index is 14.3. The zero-order valence-corrected chi connectivity index (χ0v) is 23.2. The summed E-state index contributed by atoms with van der Waals surface area (Å²) in [4.78, 5) is 35.9. The number of hydrogen-bond donors (Lipinski definition) is 1. The van der Waals surface area contributed by atoms with Crippen LogP contribution in [0.5, 0.6) is 0 Å². The van der Waals surface area contributed by atoms with Crippen LogP contribution < -0.4 is 0 Å². The Morgan fingerprint density at radius 3 is 2.56 bits per heavy atom. The molecular weight excluding hydrogens is 527 g/mol. The second-order valence-corrected chi connectivity index (χ2v) is 11.2. The minimum absolute atomic E-state index is 0.00622. The van der Waals surface area contributed by atoms with E-state index in [9.17, 15) is 19.1 Å². The number of aromatic nitrogens is 5. The number of pyridine rings is 1. The van der Waals surface area contributed by atoms with E-state index in [0.29, 0.717) is 54.4 Å². The monoisotopic (exact) mass is 560 g/mol. The van der Waals surface area contributed by atoms with Gasteiger partial charge in [-0.1, -0.05) is 12.1 Å². The molecule has 1 amide bonds. The number of piperidine rings is 1. The number of ether oxygens (including phenoxy) is 1. The number of carbonyl (C=O) groups is 2. The van der Waals surface area contributed by atoms with Crippen LogP contribution in [0.2, 0.25) is 0 Å².